The van der Waals surface area contributed by atoms with Crippen LogP contribution in [0.25, 0.3) is 0 Å². The van der Waals surface area contributed by atoms with Gasteiger partial charge in [-0.3, -0.25) is 9.69 Å². The third-order valence-electron chi connectivity index (χ3n) is 4.90. The Morgan fingerprint density at radius 3 is 2.48 bits per heavy atom. The molecule has 1 saturated heterocycles. The van der Waals surface area contributed by atoms with E-state index in [0.29, 0.717) is 31.1 Å². The van der Waals surface area contributed by atoms with Crippen molar-refractivity contribution in [3.63, 3.8) is 0 Å². The van der Waals surface area contributed by atoms with E-state index in [1.54, 1.807) is 12.1 Å². The number of nitrogens with one attached hydrogen (secondary N) is 1. The topological polar surface area (TPSA) is 69.7 Å². The summed E-state index contributed by atoms with van der Waals surface area (Å²) in [6.45, 7) is 7.69. The maximum Gasteiger partial charge on any atom is 0.264 e. The lowest BCUT2D eigenvalue weighted by atomic mass is 10.1. The number of hydrogen-bond acceptors (Lipinski definition) is 5. The lowest BCUT2D eigenvalue weighted by molar-refractivity contribution is 0.0645. The number of amides is 1. The van der Waals surface area contributed by atoms with E-state index in [-0.39, 0.29) is 5.91 Å². The van der Waals surface area contributed by atoms with E-state index >= 15 is 0 Å². The Morgan fingerprint density at radius 1 is 1.11 bits per heavy atom. The van der Waals surface area contributed by atoms with Crippen molar-refractivity contribution < 1.29 is 13.2 Å². The number of carbonyl (C=O) groups excluding carboxylic acids is 1. The summed E-state index contributed by atoms with van der Waals surface area (Å²) in [6, 6.07) is 8.90. The van der Waals surface area contributed by atoms with Crippen LogP contribution in [0.5, 0.6) is 0 Å². The number of rotatable bonds is 6. The molecule has 27 heavy (non-hydrogen) atoms. The van der Waals surface area contributed by atoms with Gasteiger partial charge in [-0.1, -0.05) is 12.1 Å². The molecule has 0 radical (unpaired) electrons. The highest BCUT2D eigenvalue weighted by molar-refractivity contribution is 7.89. The van der Waals surface area contributed by atoms with Gasteiger partial charge < -0.3 is 4.90 Å². The van der Waals surface area contributed by atoms with E-state index in [4.69, 9.17) is 0 Å². The van der Waals surface area contributed by atoms with Crippen LogP contribution < -0.4 is 4.72 Å². The van der Waals surface area contributed by atoms with E-state index in [9.17, 15) is 13.2 Å². The SMILES string of the molecule is Cc1ccc(S(=O)(=O)NCCN2CCN(C(=O)c3cccs3)CC2)cc1C. The summed E-state index contributed by atoms with van der Waals surface area (Å²) >= 11 is 1.46. The summed E-state index contributed by atoms with van der Waals surface area (Å²) in [7, 11) is -3.49. The van der Waals surface area contributed by atoms with Crippen LogP contribution in [0.4, 0.5) is 0 Å². The Balaban J connectivity index is 1.46. The van der Waals surface area contributed by atoms with Gasteiger partial charge in [0.2, 0.25) is 10.0 Å². The molecule has 1 aliphatic heterocycles. The van der Waals surface area contributed by atoms with Crippen LogP contribution in [0.1, 0.15) is 20.8 Å². The zero-order valence-corrected chi connectivity index (χ0v) is 17.3. The molecule has 0 unspecified atom stereocenters. The predicted octanol–water partition coefficient (Wildman–Crippen LogP) is 2.10. The smallest absolute Gasteiger partial charge is 0.264 e. The van der Waals surface area contributed by atoms with E-state index in [1.807, 2.05) is 42.3 Å². The van der Waals surface area contributed by atoms with Gasteiger partial charge in [0.15, 0.2) is 0 Å². The molecule has 1 aliphatic rings. The van der Waals surface area contributed by atoms with Crippen molar-refractivity contribution in [2.75, 3.05) is 39.3 Å². The molecule has 1 aromatic carbocycles. The number of aryl methyl sites for hydroxylation is 2. The Morgan fingerprint density at radius 2 is 1.85 bits per heavy atom. The summed E-state index contributed by atoms with van der Waals surface area (Å²) < 4.78 is 27.5. The van der Waals surface area contributed by atoms with Crippen molar-refractivity contribution in [1.82, 2.24) is 14.5 Å². The molecule has 2 aromatic rings. The maximum atomic E-state index is 12.4. The van der Waals surface area contributed by atoms with Crippen molar-refractivity contribution in [1.29, 1.82) is 0 Å². The molecule has 0 saturated carbocycles. The summed E-state index contributed by atoms with van der Waals surface area (Å²) in [4.78, 5) is 17.5. The van der Waals surface area contributed by atoms with Gasteiger partial charge in [-0.15, -0.1) is 11.3 Å². The van der Waals surface area contributed by atoms with Gasteiger partial charge in [0, 0.05) is 39.3 Å². The van der Waals surface area contributed by atoms with Gasteiger partial charge in [0.25, 0.3) is 5.91 Å². The monoisotopic (exact) mass is 407 g/mol. The standard InChI is InChI=1S/C19H25N3O3S2/c1-15-5-6-17(14-16(15)2)27(24,25)20-7-8-21-9-11-22(12-10-21)19(23)18-4-3-13-26-18/h3-6,13-14,20H,7-12H2,1-2H3. The second-order valence-electron chi connectivity index (χ2n) is 6.75. The van der Waals surface area contributed by atoms with E-state index in [0.717, 1.165) is 29.1 Å². The van der Waals surface area contributed by atoms with Crippen LogP contribution in [0, 0.1) is 13.8 Å². The quantitative estimate of drug-likeness (QED) is 0.796. The van der Waals surface area contributed by atoms with E-state index in [1.165, 1.54) is 11.3 Å². The lowest BCUT2D eigenvalue weighted by Crippen LogP contribution is -2.50. The van der Waals surface area contributed by atoms with Crippen LogP contribution in [0.2, 0.25) is 0 Å². The summed E-state index contributed by atoms with van der Waals surface area (Å²) in [5.74, 6) is 0.0834. The number of thiophene rings is 1. The molecule has 8 heteroatoms. The fraction of sp³-hybridized carbons (Fsp3) is 0.421. The number of carbonyl (C=O) groups is 1. The van der Waals surface area contributed by atoms with Crippen LogP contribution in [0.15, 0.2) is 40.6 Å². The molecule has 0 bridgehead atoms. The molecular weight excluding hydrogens is 382 g/mol. The van der Waals surface area contributed by atoms with Gasteiger partial charge in [-0.25, -0.2) is 13.1 Å². The lowest BCUT2D eigenvalue weighted by Gasteiger charge is -2.34. The van der Waals surface area contributed by atoms with Crippen LogP contribution in [0.3, 0.4) is 0 Å². The van der Waals surface area contributed by atoms with Crippen molar-refractivity contribution >= 4 is 27.3 Å². The molecule has 146 valence electrons. The van der Waals surface area contributed by atoms with E-state index < -0.39 is 10.0 Å². The number of sulfonamides is 1. The second kappa shape index (κ2) is 8.52. The summed E-state index contributed by atoms with van der Waals surface area (Å²) in [5, 5.41) is 1.91. The first-order chi connectivity index (χ1) is 12.9. The molecule has 0 spiro atoms. The number of nitrogens with zero attached hydrogens (tertiary/aromatic N) is 2. The fourth-order valence-corrected chi connectivity index (χ4v) is 4.83. The van der Waals surface area contributed by atoms with Crippen molar-refractivity contribution in [2.45, 2.75) is 18.7 Å². The zero-order valence-electron chi connectivity index (χ0n) is 15.6. The summed E-state index contributed by atoms with van der Waals surface area (Å²) in [5.41, 5.74) is 2.04. The Hall–Kier alpha value is -1.74. The van der Waals surface area contributed by atoms with Crippen molar-refractivity contribution in [3.8, 4) is 0 Å². The third kappa shape index (κ3) is 4.95. The molecule has 1 amide bonds. The second-order valence-corrected chi connectivity index (χ2v) is 9.47. The van der Waals surface area contributed by atoms with Crippen LogP contribution in [-0.4, -0.2) is 63.4 Å². The number of hydrogen-bond donors (Lipinski definition) is 1. The molecular formula is C19H25N3O3S2. The van der Waals surface area contributed by atoms with E-state index in [2.05, 4.69) is 9.62 Å². The van der Waals surface area contributed by atoms with Crippen molar-refractivity contribution in [3.05, 3.63) is 51.7 Å². The Labute approximate surface area is 164 Å². The van der Waals surface area contributed by atoms with Gasteiger partial charge in [-0.2, -0.15) is 0 Å². The number of benzene rings is 1. The van der Waals surface area contributed by atoms with Crippen LogP contribution >= 0.6 is 11.3 Å². The Kier molecular flexibility index (Phi) is 6.31. The largest absolute Gasteiger partial charge is 0.335 e. The highest BCUT2D eigenvalue weighted by atomic mass is 32.2. The zero-order chi connectivity index (χ0) is 19.4. The summed E-state index contributed by atoms with van der Waals surface area (Å²) in [6.07, 6.45) is 0. The average molecular weight is 408 g/mol. The molecule has 1 fully saturated rings. The molecule has 2 heterocycles. The van der Waals surface area contributed by atoms with Gasteiger partial charge in [0.05, 0.1) is 9.77 Å². The Bertz CT molecular complexity index is 887. The fourth-order valence-electron chi connectivity index (χ4n) is 3.03. The molecule has 1 N–H and O–H groups in total. The highest BCUT2D eigenvalue weighted by Crippen LogP contribution is 2.15. The first kappa shape index (κ1) is 20.0. The normalized spacial score (nSPS) is 15.9. The molecule has 3 rings (SSSR count). The van der Waals surface area contributed by atoms with Crippen LogP contribution in [-0.2, 0) is 10.0 Å². The highest BCUT2D eigenvalue weighted by Gasteiger charge is 2.23. The van der Waals surface area contributed by atoms with Crippen molar-refractivity contribution in [2.24, 2.45) is 0 Å². The number of piperazine rings is 1. The first-order valence-electron chi connectivity index (χ1n) is 8.99. The van der Waals surface area contributed by atoms with Gasteiger partial charge >= 0.3 is 0 Å². The predicted molar refractivity (Wildman–Crippen MR) is 108 cm³/mol. The average Bonchev–Trinajstić information content (AvgIpc) is 3.18. The maximum absolute atomic E-state index is 12.4. The molecule has 0 aliphatic carbocycles. The molecule has 0 atom stereocenters. The minimum atomic E-state index is -3.49. The molecule has 6 nitrogen and oxygen atoms in total. The van der Waals surface area contributed by atoms with Gasteiger partial charge in [0.1, 0.15) is 0 Å². The minimum Gasteiger partial charge on any atom is -0.335 e. The molecule has 1 aromatic heterocycles. The van der Waals surface area contributed by atoms with Gasteiger partial charge in [-0.05, 0) is 48.6 Å². The minimum absolute atomic E-state index is 0.0834. The first-order valence-corrected chi connectivity index (χ1v) is 11.4. The third-order valence-corrected chi connectivity index (χ3v) is 7.22.